The van der Waals surface area contributed by atoms with E-state index in [1.54, 1.807) is 0 Å². The second kappa shape index (κ2) is 5.40. The van der Waals surface area contributed by atoms with Gasteiger partial charge in [-0.3, -0.25) is 9.59 Å². The van der Waals surface area contributed by atoms with E-state index < -0.39 is 40.3 Å². The second-order valence-corrected chi connectivity index (χ2v) is 6.01. The molecule has 0 aliphatic heterocycles. The predicted molar refractivity (Wildman–Crippen MR) is 69.4 cm³/mol. The van der Waals surface area contributed by atoms with Crippen LogP contribution in [0.25, 0.3) is 0 Å². The lowest BCUT2D eigenvalue weighted by Crippen LogP contribution is -2.68. The number of carbonyl (C=O) groups is 3. The Labute approximate surface area is 117 Å². The fourth-order valence-corrected chi connectivity index (χ4v) is 2.82. The zero-order chi connectivity index (χ0) is 16.5. The molecule has 0 aromatic rings. The van der Waals surface area contributed by atoms with Crippen molar-refractivity contribution in [2.45, 2.75) is 40.2 Å². The van der Waals surface area contributed by atoms with Gasteiger partial charge in [-0.05, 0) is 6.92 Å². The smallest absolute Gasteiger partial charge is 0.337 e. The number of rotatable bonds is 6. The van der Waals surface area contributed by atoms with Crippen molar-refractivity contribution in [3.63, 3.8) is 0 Å². The van der Waals surface area contributed by atoms with Gasteiger partial charge in [0, 0.05) is 12.5 Å². The zero-order valence-electron chi connectivity index (χ0n) is 12.6. The fourth-order valence-electron chi connectivity index (χ4n) is 2.82. The van der Waals surface area contributed by atoms with Crippen LogP contribution in [0.2, 0.25) is 0 Å². The lowest BCUT2D eigenvalue weighted by Gasteiger charge is -2.50. The fraction of sp³-hybridized carbons (Fsp3) is 0.769. The molecule has 0 aromatic carbocycles. The number of hydrogen-bond acceptors (Lipinski definition) is 4. The third-order valence-corrected chi connectivity index (χ3v) is 4.08. The van der Waals surface area contributed by atoms with Crippen molar-refractivity contribution >= 4 is 17.9 Å². The Morgan fingerprint density at radius 2 is 1.35 bits per heavy atom. The maximum absolute atomic E-state index is 11.8. The van der Waals surface area contributed by atoms with Crippen LogP contribution in [0.1, 0.15) is 34.6 Å². The van der Waals surface area contributed by atoms with Crippen LogP contribution in [0.5, 0.6) is 0 Å². The number of carboxylic acid groups (broad SMARTS) is 3. The van der Waals surface area contributed by atoms with E-state index in [2.05, 4.69) is 0 Å². The van der Waals surface area contributed by atoms with Crippen molar-refractivity contribution in [3.05, 3.63) is 0 Å². The van der Waals surface area contributed by atoms with E-state index in [9.17, 15) is 24.6 Å². The van der Waals surface area contributed by atoms with Crippen molar-refractivity contribution in [3.8, 4) is 0 Å². The normalized spacial score (nSPS) is 19.5. The first-order valence-electron chi connectivity index (χ1n) is 6.05. The molecule has 7 heteroatoms. The van der Waals surface area contributed by atoms with E-state index in [0.29, 0.717) is 0 Å². The first-order valence-corrected chi connectivity index (χ1v) is 6.05. The van der Waals surface area contributed by atoms with Crippen LogP contribution in [-0.4, -0.2) is 45.9 Å². The molecule has 0 radical (unpaired) electrons. The standard InChI is InChI=1S/C13H22O7/c1-7(8(14)15)12(5,9(16)17)13(20-6,10(18)19)11(2,3)4/h7H,1-6H3,(H,14,15)(H,16,17)(H,18,19). The summed E-state index contributed by atoms with van der Waals surface area (Å²) in [6.45, 7) is 6.76. The average Bonchev–Trinajstić information content (AvgIpc) is 2.25. The highest BCUT2D eigenvalue weighted by atomic mass is 16.5. The summed E-state index contributed by atoms with van der Waals surface area (Å²) in [5.41, 5.74) is -5.51. The molecule has 0 saturated heterocycles. The third kappa shape index (κ3) is 2.26. The maximum Gasteiger partial charge on any atom is 0.337 e. The van der Waals surface area contributed by atoms with Crippen LogP contribution < -0.4 is 0 Å². The lowest BCUT2D eigenvalue weighted by molar-refractivity contribution is -0.224. The molecule has 0 rings (SSSR count). The third-order valence-electron chi connectivity index (χ3n) is 4.08. The highest BCUT2D eigenvalue weighted by molar-refractivity contribution is 5.93. The van der Waals surface area contributed by atoms with Gasteiger partial charge in [-0.25, -0.2) is 4.79 Å². The number of carboxylic acids is 3. The van der Waals surface area contributed by atoms with Crippen LogP contribution in [0.3, 0.4) is 0 Å². The Bertz CT molecular complexity index is 423. The predicted octanol–water partition coefficient (Wildman–Crippen LogP) is 1.31. The van der Waals surface area contributed by atoms with E-state index in [4.69, 9.17) is 9.84 Å². The minimum absolute atomic E-state index is 1.08. The topological polar surface area (TPSA) is 121 Å². The molecular weight excluding hydrogens is 268 g/mol. The van der Waals surface area contributed by atoms with Gasteiger partial charge in [-0.15, -0.1) is 0 Å². The second-order valence-electron chi connectivity index (χ2n) is 6.01. The van der Waals surface area contributed by atoms with Gasteiger partial charge in [0.2, 0.25) is 0 Å². The molecule has 0 aromatic heterocycles. The van der Waals surface area contributed by atoms with E-state index >= 15 is 0 Å². The number of methoxy groups -OCH3 is 1. The quantitative estimate of drug-likeness (QED) is 0.674. The number of hydrogen-bond donors (Lipinski definition) is 3. The molecule has 0 amide bonds. The summed E-state index contributed by atoms with van der Waals surface area (Å²) in [5.74, 6) is -5.91. The van der Waals surface area contributed by atoms with Crippen LogP contribution in [0.15, 0.2) is 0 Å². The van der Waals surface area contributed by atoms with Gasteiger partial charge in [0.1, 0.15) is 5.41 Å². The molecule has 0 aliphatic carbocycles. The van der Waals surface area contributed by atoms with Crippen molar-refractivity contribution < 1.29 is 34.4 Å². The lowest BCUT2D eigenvalue weighted by atomic mass is 9.56. The van der Waals surface area contributed by atoms with Crippen LogP contribution in [-0.2, 0) is 19.1 Å². The van der Waals surface area contributed by atoms with Crippen LogP contribution in [0, 0.1) is 16.7 Å². The van der Waals surface area contributed by atoms with Gasteiger partial charge >= 0.3 is 17.9 Å². The average molecular weight is 290 g/mol. The Morgan fingerprint density at radius 3 is 1.50 bits per heavy atom. The van der Waals surface area contributed by atoms with E-state index in [1.165, 1.54) is 27.7 Å². The first kappa shape index (κ1) is 18.4. The van der Waals surface area contributed by atoms with Gasteiger partial charge in [0.15, 0.2) is 5.60 Å². The maximum atomic E-state index is 11.8. The Hall–Kier alpha value is -1.63. The molecule has 0 heterocycles. The molecule has 3 N–H and O–H groups in total. The molecule has 3 unspecified atom stereocenters. The van der Waals surface area contributed by atoms with Crippen molar-refractivity contribution in [1.29, 1.82) is 0 Å². The monoisotopic (exact) mass is 290 g/mol. The summed E-state index contributed by atoms with van der Waals surface area (Å²) in [6, 6.07) is 0. The molecule has 0 bridgehead atoms. The molecule has 0 aliphatic rings. The first-order chi connectivity index (χ1) is 8.80. The number of ether oxygens (including phenoxy) is 1. The minimum atomic E-state index is -2.20. The molecule has 0 saturated carbocycles. The summed E-state index contributed by atoms with van der Waals surface area (Å²) in [4.78, 5) is 34.8. The molecule has 3 atom stereocenters. The SMILES string of the molecule is COC(C(=O)O)(C(C)(C)C)C(C)(C(=O)O)C(C)C(=O)O. The van der Waals surface area contributed by atoms with Gasteiger partial charge in [-0.2, -0.15) is 0 Å². The summed E-state index contributed by atoms with van der Waals surface area (Å²) < 4.78 is 5.12. The van der Waals surface area contributed by atoms with Crippen molar-refractivity contribution in [2.24, 2.45) is 16.7 Å². The van der Waals surface area contributed by atoms with Gasteiger partial charge < -0.3 is 20.1 Å². The molecule has 0 spiro atoms. The Kier molecular flexibility index (Phi) is 4.96. The molecular formula is C13H22O7. The zero-order valence-corrected chi connectivity index (χ0v) is 12.6. The molecule has 116 valence electrons. The van der Waals surface area contributed by atoms with E-state index in [1.807, 2.05) is 0 Å². The van der Waals surface area contributed by atoms with Gasteiger partial charge in [-0.1, -0.05) is 27.7 Å². The van der Waals surface area contributed by atoms with Gasteiger partial charge in [0.05, 0.1) is 5.92 Å². The van der Waals surface area contributed by atoms with Gasteiger partial charge in [0.25, 0.3) is 0 Å². The van der Waals surface area contributed by atoms with E-state index in [0.717, 1.165) is 14.0 Å². The van der Waals surface area contributed by atoms with Crippen molar-refractivity contribution in [1.82, 2.24) is 0 Å². The summed E-state index contributed by atoms with van der Waals surface area (Å²) in [6.07, 6.45) is 0. The van der Waals surface area contributed by atoms with Crippen molar-refractivity contribution in [2.75, 3.05) is 7.11 Å². The summed E-state index contributed by atoms with van der Waals surface area (Å²) in [7, 11) is 1.08. The summed E-state index contributed by atoms with van der Waals surface area (Å²) >= 11 is 0. The van der Waals surface area contributed by atoms with E-state index in [-0.39, 0.29) is 0 Å². The highest BCUT2D eigenvalue weighted by Crippen LogP contribution is 2.51. The van der Waals surface area contributed by atoms with Crippen LogP contribution >= 0.6 is 0 Å². The molecule has 20 heavy (non-hydrogen) atoms. The summed E-state index contributed by atoms with van der Waals surface area (Å²) in [5, 5.41) is 28.3. The Morgan fingerprint density at radius 1 is 0.950 bits per heavy atom. The molecule has 0 fully saturated rings. The Balaban J connectivity index is 6.57. The minimum Gasteiger partial charge on any atom is -0.481 e. The number of aliphatic carboxylic acids is 3. The van der Waals surface area contributed by atoms with Crippen LogP contribution in [0.4, 0.5) is 0 Å². The molecule has 7 nitrogen and oxygen atoms in total. The highest BCUT2D eigenvalue weighted by Gasteiger charge is 2.68. The largest absolute Gasteiger partial charge is 0.481 e.